The van der Waals surface area contributed by atoms with Crippen molar-refractivity contribution in [3.8, 4) is 5.75 Å². The maximum atomic E-state index is 12.3. The van der Waals surface area contributed by atoms with E-state index in [2.05, 4.69) is 16.0 Å². The van der Waals surface area contributed by atoms with Crippen molar-refractivity contribution in [2.45, 2.75) is 32.9 Å². The van der Waals surface area contributed by atoms with Crippen LogP contribution in [0.3, 0.4) is 0 Å². The molecule has 3 rings (SSSR count). The number of fused-ring (bicyclic) bond motifs is 1. The number of carbonyl (C=O) groups excluding carboxylic acids is 2. The number of rotatable bonds is 5. The minimum atomic E-state index is -0.313. The Morgan fingerprint density at radius 3 is 2.81 bits per heavy atom. The Morgan fingerprint density at radius 2 is 2.04 bits per heavy atom. The lowest BCUT2D eigenvalue weighted by Gasteiger charge is -2.18. The molecular formula is C20H22ClN3O3. The fourth-order valence-electron chi connectivity index (χ4n) is 3.11. The number of hydrogen-bond donors (Lipinski definition) is 3. The number of anilines is 1. The molecule has 1 aliphatic rings. The van der Waals surface area contributed by atoms with Gasteiger partial charge in [-0.25, -0.2) is 4.79 Å². The summed E-state index contributed by atoms with van der Waals surface area (Å²) in [6.07, 6.45) is 0.821. The molecule has 142 valence electrons. The van der Waals surface area contributed by atoms with Gasteiger partial charge in [0.05, 0.1) is 12.6 Å². The first kappa shape index (κ1) is 19.0. The number of benzene rings is 2. The number of hydrogen-bond acceptors (Lipinski definition) is 3. The second-order valence-electron chi connectivity index (χ2n) is 6.47. The molecule has 1 aliphatic heterocycles. The monoisotopic (exact) mass is 387 g/mol. The van der Waals surface area contributed by atoms with Gasteiger partial charge in [-0.15, -0.1) is 0 Å². The molecule has 7 heteroatoms. The highest BCUT2D eigenvalue weighted by atomic mass is 35.5. The number of urea groups is 1. The molecule has 0 spiro atoms. The van der Waals surface area contributed by atoms with Gasteiger partial charge in [0.15, 0.2) is 0 Å². The molecule has 0 saturated carbocycles. The molecule has 1 unspecified atom stereocenters. The van der Waals surface area contributed by atoms with Crippen molar-refractivity contribution in [3.63, 3.8) is 0 Å². The van der Waals surface area contributed by atoms with E-state index < -0.39 is 0 Å². The summed E-state index contributed by atoms with van der Waals surface area (Å²) in [5, 5.41) is 9.12. The van der Waals surface area contributed by atoms with Crippen LogP contribution in [0.4, 0.5) is 10.5 Å². The number of para-hydroxylation sites is 1. The molecule has 2 aromatic rings. The van der Waals surface area contributed by atoms with Crippen molar-refractivity contribution < 1.29 is 14.3 Å². The van der Waals surface area contributed by atoms with E-state index in [1.807, 2.05) is 37.3 Å². The van der Waals surface area contributed by atoms with Gasteiger partial charge < -0.3 is 20.7 Å². The Hall–Kier alpha value is -2.73. The van der Waals surface area contributed by atoms with Crippen molar-refractivity contribution >= 4 is 29.2 Å². The van der Waals surface area contributed by atoms with Crippen LogP contribution in [0.15, 0.2) is 36.4 Å². The predicted molar refractivity (Wildman–Crippen MR) is 105 cm³/mol. The van der Waals surface area contributed by atoms with Gasteiger partial charge in [0.2, 0.25) is 5.91 Å². The van der Waals surface area contributed by atoms with Gasteiger partial charge in [-0.3, -0.25) is 4.79 Å². The number of amides is 3. The number of carbonyl (C=O) groups is 2. The van der Waals surface area contributed by atoms with Crippen LogP contribution in [0.5, 0.6) is 5.75 Å². The fraction of sp³-hybridized carbons (Fsp3) is 0.300. The summed E-state index contributed by atoms with van der Waals surface area (Å²) in [5.41, 5.74) is 3.43. The third kappa shape index (κ3) is 4.71. The lowest BCUT2D eigenvalue weighted by Crippen LogP contribution is -2.36. The van der Waals surface area contributed by atoms with E-state index in [9.17, 15) is 9.59 Å². The van der Waals surface area contributed by atoms with Crippen LogP contribution in [0.2, 0.25) is 5.02 Å². The van der Waals surface area contributed by atoms with E-state index in [1.54, 1.807) is 6.07 Å². The fourth-order valence-corrected chi connectivity index (χ4v) is 3.36. The molecule has 2 aromatic carbocycles. The third-order valence-corrected chi connectivity index (χ3v) is 4.58. The van der Waals surface area contributed by atoms with Gasteiger partial charge in [0, 0.05) is 36.2 Å². The van der Waals surface area contributed by atoms with Crippen molar-refractivity contribution in [1.82, 2.24) is 10.6 Å². The van der Waals surface area contributed by atoms with Gasteiger partial charge in [0.25, 0.3) is 0 Å². The Morgan fingerprint density at radius 1 is 1.26 bits per heavy atom. The van der Waals surface area contributed by atoms with E-state index in [1.165, 1.54) is 6.92 Å². The summed E-state index contributed by atoms with van der Waals surface area (Å²) < 4.78 is 5.70. The highest BCUT2D eigenvalue weighted by Crippen LogP contribution is 2.36. The summed E-state index contributed by atoms with van der Waals surface area (Å²) in [7, 11) is 0. The van der Waals surface area contributed by atoms with Gasteiger partial charge in [-0.05, 0) is 36.2 Å². The van der Waals surface area contributed by atoms with Crippen LogP contribution in [-0.2, 0) is 17.8 Å². The second kappa shape index (κ2) is 8.31. The van der Waals surface area contributed by atoms with E-state index >= 15 is 0 Å². The highest BCUT2D eigenvalue weighted by Gasteiger charge is 2.22. The Kier molecular flexibility index (Phi) is 5.86. The van der Waals surface area contributed by atoms with Crippen LogP contribution in [0, 0.1) is 0 Å². The van der Waals surface area contributed by atoms with Crippen molar-refractivity contribution in [1.29, 1.82) is 0 Å². The standard InChI is InChI=1S/C20H22ClN3O3/c1-12(17-10-16(21)9-14-7-8-27-19(14)17)23-20(26)22-11-15-5-3-4-6-18(15)24-13(2)25/h3-6,9-10,12H,7-8,11H2,1-2H3,(H,24,25)(H2,22,23,26). The molecule has 1 atom stereocenters. The molecule has 0 aromatic heterocycles. The van der Waals surface area contributed by atoms with Crippen LogP contribution in [-0.4, -0.2) is 18.5 Å². The summed E-state index contributed by atoms with van der Waals surface area (Å²) in [6.45, 7) is 4.25. The largest absolute Gasteiger partial charge is 0.493 e. The molecule has 0 fully saturated rings. The normalized spacial score (nSPS) is 13.3. The van der Waals surface area contributed by atoms with Gasteiger partial charge in [0.1, 0.15) is 5.75 Å². The van der Waals surface area contributed by atoms with Crippen LogP contribution in [0.25, 0.3) is 0 Å². The number of nitrogens with one attached hydrogen (secondary N) is 3. The molecule has 1 heterocycles. The molecule has 3 N–H and O–H groups in total. The van der Waals surface area contributed by atoms with E-state index in [4.69, 9.17) is 16.3 Å². The molecule has 27 heavy (non-hydrogen) atoms. The summed E-state index contributed by atoms with van der Waals surface area (Å²) in [6, 6.07) is 10.5. The first-order valence-electron chi connectivity index (χ1n) is 8.79. The SMILES string of the molecule is CC(=O)Nc1ccccc1CNC(=O)NC(C)c1cc(Cl)cc2c1OCC2. The Bertz CT molecular complexity index is 870. The second-order valence-corrected chi connectivity index (χ2v) is 6.91. The molecule has 3 amide bonds. The van der Waals surface area contributed by atoms with Crippen molar-refractivity contribution in [2.24, 2.45) is 0 Å². The minimum absolute atomic E-state index is 0.157. The smallest absolute Gasteiger partial charge is 0.315 e. The minimum Gasteiger partial charge on any atom is -0.493 e. The topological polar surface area (TPSA) is 79.5 Å². The van der Waals surface area contributed by atoms with E-state index in [0.29, 0.717) is 23.9 Å². The van der Waals surface area contributed by atoms with Crippen molar-refractivity contribution in [2.75, 3.05) is 11.9 Å². The first-order valence-corrected chi connectivity index (χ1v) is 9.17. The molecule has 0 saturated heterocycles. The van der Waals surface area contributed by atoms with Crippen LogP contribution >= 0.6 is 11.6 Å². The summed E-state index contributed by atoms with van der Waals surface area (Å²) >= 11 is 6.19. The summed E-state index contributed by atoms with van der Waals surface area (Å²) in [4.78, 5) is 23.6. The predicted octanol–water partition coefficient (Wildman–Crippen LogP) is 3.79. The average molecular weight is 388 g/mol. The third-order valence-electron chi connectivity index (χ3n) is 4.36. The zero-order chi connectivity index (χ0) is 19.4. The highest BCUT2D eigenvalue weighted by molar-refractivity contribution is 6.30. The first-order chi connectivity index (χ1) is 12.9. The lowest BCUT2D eigenvalue weighted by atomic mass is 10.0. The molecule has 6 nitrogen and oxygen atoms in total. The van der Waals surface area contributed by atoms with Gasteiger partial charge in [-0.2, -0.15) is 0 Å². The summed E-state index contributed by atoms with van der Waals surface area (Å²) in [5.74, 6) is 0.651. The maximum absolute atomic E-state index is 12.3. The molecule has 0 radical (unpaired) electrons. The molecule has 0 aliphatic carbocycles. The number of halogens is 1. The average Bonchev–Trinajstić information content (AvgIpc) is 3.08. The maximum Gasteiger partial charge on any atom is 0.315 e. The quantitative estimate of drug-likeness (QED) is 0.730. The van der Waals surface area contributed by atoms with Crippen LogP contribution < -0.4 is 20.7 Å². The van der Waals surface area contributed by atoms with Crippen LogP contribution in [0.1, 0.15) is 36.6 Å². The van der Waals surface area contributed by atoms with E-state index in [0.717, 1.165) is 28.9 Å². The Balaban J connectivity index is 1.63. The van der Waals surface area contributed by atoms with Gasteiger partial charge >= 0.3 is 6.03 Å². The zero-order valence-corrected chi connectivity index (χ0v) is 16.0. The van der Waals surface area contributed by atoms with E-state index in [-0.39, 0.29) is 18.0 Å². The number of ether oxygens (including phenoxy) is 1. The lowest BCUT2D eigenvalue weighted by molar-refractivity contribution is -0.114. The van der Waals surface area contributed by atoms with Crippen molar-refractivity contribution in [3.05, 3.63) is 58.1 Å². The zero-order valence-electron chi connectivity index (χ0n) is 15.3. The molecule has 0 bridgehead atoms. The van der Waals surface area contributed by atoms with Gasteiger partial charge in [-0.1, -0.05) is 29.8 Å². The Labute approximate surface area is 163 Å². The molecular weight excluding hydrogens is 366 g/mol.